The highest BCUT2D eigenvalue weighted by Crippen LogP contribution is 2.50. The van der Waals surface area contributed by atoms with Gasteiger partial charge in [-0.15, -0.1) is 0 Å². The molecule has 0 atom stereocenters. The summed E-state index contributed by atoms with van der Waals surface area (Å²) in [7, 11) is 0. The molecule has 0 bridgehead atoms. The van der Waals surface area contributed by atoms with Crippen LogP contribution in [0.3, 0.4) is 0 Å². The first-order valence-corrected chi connectivity index (χ1v) is 44.5. The minimum Gasteiger partial charge on any atom is -0.309 e. The van der Waals surface area contributed by atoms with Gasteiger partial charge in [0.15, 0.2) is 0 Å². The third-order valence-electron chi connectivity index (χ3n) is 26.6. The van der Waals surface area contributed by atoms with E-state index in [1.165, 1.54) is 253 Å². The molecule has 0 saturated carbocycles. The van der Waals surface area contributed by atoms with Gasteiger partial charge in [-0.2, -0.15) is 0 Å². The molecule has 0 aliphatic rings. The molecule has 3 nitrogen and oxygen atoms in total. The van der Waals surface area contributed by atoms with Crippen molar-refractivity contribution in [3.05, 3.63) is 451 Å². The molecule has 0 unspecified atom stereocenters. The van der Waals surface area contributed by atoms with Crippen molar-refractivity contribution in [3.8, 4) is 83.8 Å². The van der Waals surface area contributed by atoms with Gasteiger partial charge in [-0.3, -0.25) is 0 Å². The molecule has 127 heavy (non-hydrogen) atoms. The van der Waals surface area contributed by atoms with Crippen molar-refractivity contribution >= 4 is 130 Å². The van der Waals surface area contributed by atoms with Crippen LogP contribution in [0.15, 0.2) is 413 Å². The molecule has 0 amide bonds. The highest BCUT2D eigenvalue weighted by atomic mass is 15.0. The van der Waals surface area contributed by atoms with Crippen LogP contribution in [0.4, 0.5) is 0 Å². The summed E-state index contributed by atoms with van der Waals surface area (Å²) >= 11 is 0. The zero-order valence-electron chi connectivity index (χ0n) is 73.1. The SMILES string of the molecule is Cc1ccc2c(-c3cc(C)c(-n4c5ccccc5c5ccccc54)cc3C)c3ccccc3c(-c3ccc(C(C)(C)C)cc3)c2c1.Cc1ccc2c(-c3ccc(-n4c5ccccc5c5cc(C)ccc54)cc3)c3ccccc3c(-c3ccccc3)c2c1.Cc1ccc2c(c1)c1ccccc1n2-c1ccc(-c2c3ccccc3c(-c3ccccc3)c3ccccc23)cc1. The van der Waals surface area contributed by atoms with Crippen LogP contribution in [0, 0.1) is 41.5 Å². The Kier molecular flexibility index (Phi) is 19.2. The number of hydrogen-bond donors (Lipinski definition) is 0. The molecule has 0 saturated heterocycles. The molecule has 0 aliphatic carbocycles. The van der Waals surface area contributed by atoms with Gasteiger partial charge >= 0.3 is 0 Å². The van der Waals surface area contributed by atoms with Crippen LogP contribution in [0.2, 0.25) is 0 Å². The Labute approximate surface area is 741 Å². The molecule has 3 heterocycles. The fraction of sp³-hybridized carbons (Fsp3) is 0.0806. The third-order valence-corrected chi connectivity index (χ3v) is 26.6. The van der Waals surface area contributed by atoms with Crippen molar-refractivity contribution < 1.29 is 0 Å². The molecule has 0 spiro atoms. The van der Waals surface area contributed by atoms with Gasteiger partial charge in [0.25, 0.3) is 0 Å². The number of rotatable bonds is 9. The maximum Gasteiger partial charge on any atom is 0.0541 e. The number of aryl methyl sites for hydroxylation is 6. The Morgan fingerprint density at radius 1 is 0.173 bits per heavy atom. The van der Waals surface area contributed by atoms with Crippen LogP contribution in [0.1, 0.15) is 59.7 Å². The maximum absolute atomic E-state index is 2.45. The third kappa shape index (κ3) is 13.3. The van der Waals surface area contributed by atoms with Crippen LogP contribution in [-0.4, -0.2) is 13.7 Å². The second kappa shape index (κ2) is 31.4. The number of hydrogen-bond acceptors (Lipinski definition) is 0. The predicted molar refractivity (Wildman–Crippen MR) is 547 cm³/mol. The molecular weight excluding hydrogens is 1530 g/mol. The van der Waals surface area contributed by atoms with Gasteiger partial charge in [0.2, 0.25) is 0 Å². The first-order valence-electron chi connectivity index (χ1n) is 44.5. The first kappa shape index (κ1) is 77.6. The monoisotopic (exact) mass is 1630 g/mol. The Morgan fingerprint density at radius 3 is 0.780 bits per heavy atom. The molecule has 0 aliphatic heterocycles. The highest BCUT2D eigenvalue weighted by Gasteiger charge is 2.25. The Morgan fingerprint density at radius 2 is 0.425 bits per heavy atom. The molecule has 21 aromatic carbocycles. The fourth-order valence-electron chi connectivity index (χ4n) is 20.7. The van der Waals surface area contributed by atoms with Crippen molar-refractivity contribution in [2.24, 2.45) is 0 Å². The van der Waals surface area contributed by atoms with E-state index in [1.54, 1.807) is 0 Å². The van der Waals surface area contributed by atoms with E-state index < -0.39 is 0 Å². The number of para-hydroxylation sites is 4. The lowest BCUT2D eigenvalue weighted by Gasteiger charge is -2.22. The van der Waals surface area contributed by atoms with Crippen molar-refractivity contribution in [1.29, 1.82) is 0 Å². The highest BCUT2D eigenvalue weighted by molar-refractivity contribution is 6.25. The normalized spacial score (nSPS) is 11.8. The average Bonchev–Trinajstić information content (AvgIpc) is 1.56. The summed E-state index contributed by atoms with van der Waals surface area (Å²) in [6.45, 7) is 20.1. The smallest absolute Gasteiger partial charge is 0.0541 e. The standard InChI is InChI=1S/C45H39N.C40H29N.C39H27N/c1-28-19-24-37-39(25-28)43(31-20-22-32(23-21-31)45(4,5)6)35-15-7-8-16-36(35)44(37)38-26-30(3)42(27-29(38)2)46-40-17-11-9-13-33(40)34-14-10-12-18-41(34)46;1-26-16-22-34-36(25-26)40(28-10-4-3-5-11-28)33-14-7-6-13-32(33)39(34)29-18-20-30(21-19-29)41-37-15-9-8-12-31(37)35-24-27(2)17-23-38(35)41;1-26-19-24-37-35(25-26)30-13-9-10-18-36(30)40(37)29-22-20-28(21-23-29)39-33-16-7-5-14-31(33)38(27-11-3-2-4-12-27)32-15-6-8-17-34(32)39/h7-27H,1-6H3;3-25H,1-2H3;2-25H,1H3. The lowest BCUT2D eigenvalue weighted by atomic mass is 9.82. The van der Waals surface area contributed by atoms with Crippen molar-refractivity contribution in [2.75, 3.05) is 0 Å². The molecule has 24 rings (SSSR count). The van der Waals surface area contributed by atoms with E-state index in [-0.39, 0.29) is 5.41 Å². The van der Waals surface area contributed by atoms with E-state index in [2.05, 4.69) is 489 Å². The summed E-state index contributed by atoms with van der Waals surface area (Å²) in [6.07, 6.45) is 0. The second-order valence-corrected chi connectivity index (χ2v) is 35.8. The maximum atomic E-state index is 2.45. The number of nitrogens with zero attached hydrogens (tertiary/aromatic N) is 3. The zero-order chi connectivity index (χ0) is 85.9. The summed E-state index contributed by atoms with van der Waals surface area (Å²) in [6, 6.07) is 152. The quantitative estimate of drug-likeness (QED) is 0.128. The molecule has 0 N–H and O–H groups in total. The number of aromatic nitrogens is 3. The largest absolute Gasteiger partial charge is 0.309 e. The van der Waals surface area contributed by atoms with Crippen molar-refractivity contribution in [2.45, 2.75) is 67.7 Å². The van der Waals surface area contributed by atoms with Gasteiger partial charge in [0, 0.05) is 49.4 Å². The van der Waals surface area contributed by atoms with Crippen LogP contribution >= 0.6 is 0 Å². The van der Waals surface area contributed by atoms with Crippen LogP contribution in [-0.2, 0) is 5.41 Å². The summed E-state index contributed by atoms with van der Waals surface area (Å²) in [4.78, 5) is 0. The van der Waals surface area contributed by atoms with E-state index in [9.17, 15) is 0 Å². The lowest BCUT2D eigenvalue weighted by molar-refractivity contribution is 0.590. The summed E-state index contributed by atoms with van der Waals surface area (Å²) < 4.78 is 7.23. The zero-order valence-corrected chi connectivity index (χ0v) is 73.1. The number of fused-ring (bicyclic) bond motifs is 15. The first-order chi connectivity index (χ1) is 62.1. The fourth-order valence-corrected chi connectivity index (χ4v) is 20.7. The van der Waals surface area contributed by atoms with E-state index in [1.807, 2.05) is 0 Å². The summed E-state index contributed by atoms with van der Waals surface area (Å²) in [5, 5.41) is 23.2. The van der Waals surface area contributed by atoms with Crippen LogP contribution in [0.5, 0.6) is 0 Å². The summed E-state index contributed by atoms with van der Waals surface area (Å²) in [5.41, 5.74) is 35.5. The number of benzene rings is 21. The molecule has 3 heteroatoms. The molecule has 3 aromatic heterocycles. The van der Waals surface area contributed by atoms with Gasteiger partial charge in [0.1, 0.15) is 0 Å². The van der Waals surface area contributed by atoms with Gasteiger partial charge in [-0.05, 0) is 280 Å². The van der Waals surface area contributed by atoms with Crippen molar-refractivity contribution in [1.82, 2.24) is 13.7 Å². The van der Waals surface area contributed by atoms with E-state index in [0.717, 1.165) is 0 Å². The lowest BCUT2D eigenvalue weighted by Crippen LogP contribution is -2.10. The molecule has 606 valence electrons. The average molecular weight is 1630 g/mol. The van der Waals surface area contributed by atoms with Crippen LogP contribution < -0.4 is 0 Å². The van der Waals surface area contributed by atoms with Gasteiger partial charge < -0.3 is 13.7 Å². The van der Waals surface area contributed by atoms with Gasteiger partial charge in [0.05, 0.1) is 33.1 Å². The molecule has 0 radical (unpaired) electrons. The van der Waals surface area contributed by atoms with Gasteiger partial charge in [-0.1, -0.05) is 371 Å². The molecule has 0 fully saturated rings. The Balaban J connectivity index is 0.000000113. The van der Waals surface area contributed by atoms with Crippen molar-refractivity contribution in [3.63, 3.8) is 0 Å². The predicted octanol–water partition coefficient (Wildman–Crippen LogP) is 34.4. The summed E-state index contributed by atoms with van der Waals surface area (Å²) in [5.74, 6) is 0. The van der Waals surface area contributed by atoms with Gasteiger partial charge in [-0.25, -0.2) is 0 Å². The topological polar surface area (TPSA) is 14.8 Å². The van der Waals surface area contributed by atoms with E-state index in [4.69, 9.17) is 0 Å². The molecule has 24 aromatic rings. The Bertz CT molecular complexity index is 8390. The van der Waals surface area contributed by atoms with Crippen LogP contribution in [0.25, 0.3) is 214 Å². The Hall–Kier alpha value is -15.4. The second-order valence-electron chi connectivity index (χ2n) is 35.8. The minimum absolute atomic E-state index is 0.115. The minimum atomic E-state index is 0.115. The molecular formula is C124H95N3. The van der Waals surface area contributed by atoms with E-state index in [0.29, 0.717) is 0 Å². The van der Waals surface area contributed by atoms with E-state index >= 15 is 0 Å².